The van der Waals surface area contributed by atoms with Crippen molar-refractivity contribution in [2.24, 2.45) is 0 Å². The van der Waals surface area contributed by atoms with Crippen molar-refractivity contribution in [2.75, 3.05) is 26.2 Å². The van der Waals surface area contributed by atoms with Gasteiger partial charge in [0.2, 0.25) is 0 Å². The summed E-state index contributed by atoms with van der Waals surface area (Å²) in [5.74, 6) is -0.251. The molecule has 1 aromatic rings. The maximum Gasteiger partial charge on any atom is 0.497 e. The Balaban J connectivity index is 1.63. The molecule has 0 aliphatic carbocycles. The van der Waals surface area contributed by atoms with Gasteiger partial charge in [-0.3, -0.25) is 9.80 Å². The van der Waals surface area contributed by atoms with E-state index >= 15 is 0 Å². The summed E-state index contributed by atoms with van der Waals surface area (Å²) >= 11 is 0. The molecule has 2 heterocycles. The van der Waals surface area contributed by atoms with Gasteiger partial charge in [0.05, 0.1) is 11.2 Å². The highest BCUT2D eigenvalue weighted by Crippen LogP contribution is 2.36. The lowest BCUT2D eigenvalue weighted by Crippen LogP contribution is -2.53. The summed E-state index contributed by atoms with van der Waals surface area (Å²) < 4.78 is 26.8. The maximum absolute atomic E-state index is 14.8. The number of nitrogens with zero attached hydrogens (tertiary/aromatic N) is 2. The van der Waals surface area contributed by atoms with E-state index in [-0.39, 0.29) is 11.4 Å². The van der Waals surface area contributed by atoms with E-state index in [1.807, 2.05) is 39.8 Å². The summed E-state index contributed by atoms with van der Waals surface area (Å²) in [4.78, 5) is 4.90. The summed E-state index contributed by atoms with van der Waals surface area (Å²) in [6.45, 7) is 19.6. The fourth-order valence-electron chi connectivity index (χ4n) is 3.67. The van der Waals surface area contributed by atoms with Crippen LogP contribution in [0.5, 0.6) is 0 Å². The van der Waals surface area contributed by atoms with Crippen molar-refractivity contribution in [1.29, 1.82) is 0 Å². The van der Waals surface area contributed by atoms with Gasteiger partial charge in [0, 0.05) is 43.7 Å². The van der Waals surface area contributed by atoms with E-state index < -0.39 is 18.3 Å². The highest BCUT2D eigenvalue weighted by Gasteiger charge is 2.52. The van der Waals surface area contributed by atoms with Crippen LogP contribution in [0.3, 0.4) is 0 Å². The third-order valence-corrected chi connectivity index (χ3v) is 6.30. The lowest BCUT2D eigenvalue weighted by atomic mass is 9.78. The summed E-state index contributed by atoms with van der Waals surface area (Å²) in [7, 11) is -0.653. The molecule has 2 aliphatic heterocycles. The van der Waals surface area contributed by atoms with Crippen LogP contribution in [0, 0.1) is 5.82 Å². The topological polar surface area (TPSA) is 24.9 Å². The molecule has 0 radical (unpaired) electrons. The predicted molar refractivity (Wildman–Crippen MR) is 109 cm³/mol. The van der Waals surface area contributed by atoms with E-state index in [0.29, 0.717) is 5.46 Å². The minimum absolute atomic E-state index is 0.211. The molecule has 0 aromatic heterocycles. The number of rotatable bonds is 3. The van der Waals surface area contributed by atoms with Gasteiger partial charge in [-0.05, 0) is 60.1 Å². The molecular formula is C21H34BFN2O2. The van der Waals surface area contributed by atoms with Gasteiger partial charge in [-0.25, -0.2) is 4.39 Å². The Bertz CT molecular complexity index is 663. The molecule has 0 N–H and O–H groups in total. The fraction of sp³-hybridized carbons (Fsp3) is 0.714. The van der Waals surface area contributed by atoms with Crippen molar-refractivity contribution >= 4 is 12.6 Å². The number of benzene rings is 1. The Morgan fingerprint density at radius 2 is 1.56 bits per heavy atom. The molecule has 4 nitrogen and oxygen atoms in total. The Hall–Kier alpha value is -0.945. The summed E-state index contributed by atoms with van der Waals surface area (Å²) in [5.41, 5.74) is 0.764. The van der Waals surface area contributed by atoms with Gasteiger partial charge in [-0.2, -0.15) is 0 Å². The van der Waals surface area contributed by atoms with Gasteiger partial charge in [0.25, 0.3) is 0 Å². The van der Waals surface area contributed by atoms with Gasteiger partial charge < -0.3 is 9.31 Å². The highest BCUT2D eigenvalue weighted by atomic mass is 19.1. The van der Waals surface area contributed by atoms with Crippen LogP contribution in [0.1, 0.15) is 54.0 Å². The molecule has 0 bridgehead atoms. The molecule has 3 rings (SSSR count). The zero-order valence-electron chi connectivity index (χ0n) is 17.9. The first-order chi connectivity index (χ1) is 12.4. The van der Waals surface area contributed by atoms with Gasteiger partial charge in [0.15, 0.2) is 0 Å². The quantitative estimate of drug-likeness (QED) is 0.758. The minimum atomic E-state index is -0.653. The van der Waals surface area contributed by atoms with Crippen LogP contribution < -0.4 is 5.46 Å². The molecule has 0 atom stereocenters. The van der Waals surface area contributed by atoms with Crippen molar-refractivity contribution in [2.45, 2.75) is 71.8 Å². The van der Waals surface area contributed by atoms with Crippen LogP contribution >= 0.6 is 0 Å². The number of hydrogen-bond donors (Lipinski definition) is 0. The van der Waals surface area contributed by atoms with Crippen LogP contribution in [0.2, 0.25) is 0 Å². The first-order valence-corrected chi connectivity index (χ1v) is 10.0. The molecule has 2 saturated heterocycles. The second-order valence-electron chi connectivity index (χ2n) is 9.88. The molecule has 0 amide bonds. The van der Waals surface area contributed by atoms with Crippen molar-refractivity contribution in [3.8, 4) is 0 Å². The largest absolute Gasteiger partial charge is 0.497 e. The molecule has 1 aromatic carbocycles. The van der Waals surface area contributed by atoms with Gasteiger partial charge in [0.1, 0.15) is 5.82 Å². The highest BCUT2D eigenvalue weighted by molar-refractivity contribution is 6.62. The van der Waals surface area contributed by atoms with Crippen molar-refractivity contribution in [1.82, 2.24) is 9.80 Å². The van der Waals surface area contributed by atoms with Crippen LogP contribution in [-0.2, 0) is 15.9 Å². The maximum atomic E-state index is 14.8. The molecule has 0 unspecified atom stereocenters. The standard InChI is InChI=1S/C21H34BFN2O2/c1-19(2,3)25-12-10-24(11-13-25)15-16-8-9-17(18(23)14-16)22-26-20(4,5)21(6,7)27-22/h8-9,14H,10-13,15H2,1-7H3. The van der Waals surface area contributed by atoms with Gasteiger partial charge in [-0.15, -0.1) is 0 Å². The minimum Gasteiger partial charge on any atom is -0.399 e. The van der Waals surface area contributed by atoms with E-state index in [2.05, 4.69) is 30.6 Å². The van der Waals surface area contributed by atoms with E-state index in [4.69, 9.17) is 9.31 Å². The Labute approximate surface area is 164 Å². The molecule has 0 spiro atoms. The molecule has 6 heteroatoms. The summed E-state index contributed by atoms with van der Waals surface area (Å²) in [5, 5.41) is 0. The lowest BCUT2D eigenvalue weighted by molar-refractivity contribution is 0.00578. The molecule has 2 aliphatic rings. The number of piperazine rings is 1. The van der Waals surface area contributed by atoms with Gasteiger partial charge >= 0.3 is 7.12 Å². The van der Waals surface area contributed by atoms with E-state index in [0.717, 1.165) is 38.3 Å². The van der Waals surface area contributed by atoms with E-state index in [1.165, 1.54) is 0 Å². The number of hydrogen-bond acceptors (Lipinski definition) is 4. The third kappa shape index (κ3) is 4.39. The smallest absolute Gasteiger partial charge is 0.399 e. The zero-order valence-corrected chi connectivity index (χ0v) is 17.9. The molecular weight excluding hydrogens is 342 g/mol. The van der Waals surface area contributed by atoms with Crippen LogP contribution in [0.4, 0.5) is 4.39 Å². The first-order valence-electron chi connectivity index (χ1n) is 10.0. The zero-order chi connectivity index (χ0) is 20.0. The van der Waals surface area contributed by atoms with Crippen LogP contribution in [0.15, 0.2) is 18.2 Å². The Morgan fingerprint density at radius 3 is 2.04 bits per heavy atom. The van der Waals surface area contributed by atoms with E-state index in [9.17, 15) is 4.39 Å². The second kappa shape index (κ2) is 7.14. The SMILES string of the molecule is CC(C)(C)N1CCN(Cc2ccc(B3OC(C)(C)C(C)(C)O3)c(F)c2)CC1. The summed E-state index contributed by atoms with van der Waals surface area (Å²) in [6.07, 6.45) is 0. The fourth-order valence-corrected chi connectivity index (χ4v) is 3.67. The van der Waals surface area contributed by atoms with Gasteiger partial charge in [-0.1, -0.05) is 12.1 Å². The van der Waals surface area contributed by atoms with Crippen molar-refractivity contribution in [3.63, 3.8) is 0 Å². The Morgan fingerprint density at radius 1 is 1.00 bits per heavy atom. The normalized spacial score (nSPS) is 23.8. The molecule has 150 valence electrons. The molecule has 27 heavy (non-hydrogen) atoms. The predicted octanol–water partition coefficient (Wildman–Crippen LogP) is 3.04. The van der Waals surface area contributed by atoms with Crippen LogP contribution in [0.25, 0.3) is 0 Å². The summed E-state index contributed by atoms with van der Waals surface area (Å²) in [6, 6.07) is 5.45. The lowest BCUT2D eigenvalue weighted by Gasteiger charge is -2.42. The average Bonchev–Trinajstić information content (AvgIpc) is 2.75. The average molecular weight is 376 g/mol. The molecule has 2 fully saturated rings. The monoisotopic (exact) mass is 376 g/mol. The van der Waals surface area contributed by atoms with Crippen molar-refractivity contribution in [3.05, 3.63) is 29.6 Å². The van der Waals surface area contributed by atoms with E-state index in [1.54, 1.807) is 6.07 Å². The Kier molecular flexibility index (Phi) is 5.50. The molecule has 0 saturated carbocycles. The van der Waals surface area contributed by atoms with Crippen molar-refractivity contribution < 1.29 is 13.7 Å². The first kappa shape index (κ1) is 20.8. The third-order valence-electron chi connectivity index (χ3n) is 6.30. The number of halogens is 1. The second-order valence-corrected chi connectivity index (χ2v) is 9.88. The van der Waals surface area contributed by atoms with Crippen LogP contribution in [-0.4, -0.2) is 59.8 Å².